The van der Waals surface area contributed by atoms with E-state index in [1.807, 2.05) is 12.1 Å². The highest BCUT2D eigenvalue weighted by molar-refractivity contribution is 5.26. The number of benzene rings is 1. The van der Waals surface area contributed by atoms with E-state index in [4.69, 9.17) is 4.74 Å². The molecule has 1 unspecified atom stereocenters. The van der Waals surface area contributed by atoms with Crippen LogP contribution < -0.4 is 10.1 Å². The fourth-order valence-electron chi connectivity index (χ4n) is 1.79. The van der Waals surface area contributed by atoms with Crippen molar-refractivity contribution in [2.45, 2.75) is 46.6 Å². The lowest BCUT2D eigenvalue weighted by atomic mass is 10.0. The Morgan fingerprint density at radius 2 is 1.72 bits per heavy atom. The Morgan fingerprint density at radius 3 is 2.33 bits per heavy atom. The topological polar surface area (TPSA) is 21.3 Å². The second-order valence-electron chi connectivity index (χ2n) is 5.49. The zero-order valence-corrected chi connectivity index (χ0v) is 12.2. The zero-order chi connectivity index (χ0) is 13.4. The van der Waals surface area contributed by atoms with Crippen molar-refractivity contribution in [3.05, 3.63) is 29.8 Å². The molecule has 1 aromatic carbocycles. The van der Waals surface area contributed by atoms with Gasteiger partial charge in [-0.3, -0.25) is 0 Å². The van der Waals surface area contributed by atoms with Gasteiger partial charge in [-0.1, -0.05) is 31.5 Å². The molecule has 1 aromatic rings. The number of nitrogens with one attached hydrogen (secondary N) is 1. The largest absolute Gasteiger partial charge is 0.492 e. The van der Waals surface area contributed by atoms with Crippen molar-refractivity contribution in [1.29, 1.82) is 0 Å². The molecule has 0 amide bonds. The van der Waals surface area contributed by atoms with Crippen LogP contribution >= 0.6 is 0 Å². The van der Waals surface area contributed by atoms with Crippen molar-refractivity contribution in [3.8, 4) is 5.75 Å². The highest BCUT2D eigenvalue weighted by Crippen LogP contribution is 2.11. The molecule has 2 heteroatoms. The van der Waals surface area contributed by atoms with Crippen LogP contribution in [0.4, 0.5) is 0 Å². The first-order valence-corrected chi connectivity index (χ1v) is 7.00. The maximum Gasteiger partial charge on any atom is 0.119 e. The Hall–Kier alpha value is -1.02. The van der Waals surface area contributed by atoms with E-state index in [0.29, 0.717) is 6.04 Å². The molecule has 0 saturated heterocycles. The van der Waals surface area contributed by atoms with E-state index in [2.05, 4.69) is 45.1 Å². The second kappa shape index (κ2) is 8.15. The Balaban J connectivity index is 2.09. The van der Waals surface area contributed by atoms with Gasteiger partial charge in [0.1, 0.15) is 12.4 Å². The summed E-state index contributed by atoms with van der Waals surface area (Å²) in [5.41, 5.74) is 1.27. The van der Waals surface area contributed by atoms with Crippen LogP contribution in [0.5, 0.6) is 5.75 Å². The van der Waals surface area contributed by atoms with Gasteiger partial charge in [0.25, 0.3) is 0 Å². The van der Waals surface area contributed by atoms with Gasteiger partial charge in [-0.15, -0.1) is 0 Å². The van der Waals surface area contributed by atoms with E-state index in [0.717, 1.165) is 24.8 Å². The third-order valence-corrected chi connectivity index (χ3v) is 3.06. The summed E-state index contributed by atoms with van der Waals surface area (Å²) in [5.74, 6) is 1.75. The first-order chi connectivity index (χ1) is 8.58. The molecule has 0 heterocycles. The van der Waals surface area contributed by atoms with Gasteiger partial charge in [0.15, 0.2) is 0 Å². The number of ether oxygens (including phenoxy) is 1. The highest BCUT2D eigenvalue weighted by atomic mass is 16.5. The van der Waals surface area contributed by atoms with Crippen LogP contribution in [0.3, 0.4) is 0 Å². The monoisotopic (exact) mass is 249 g/mol. The Kier molecular flexibility index (Phi) is 6.81. The number of rotatable bonds is 8. The minimum Gasteiger partial charge on any atom is -0.492 e. The molecule has 0 aliphatic rings. The zero-order valence-electron chi connectivity index (χ0n) is 12.2. The van der Waals surface area contributed by atoms with Crippen LogP contribution in [-0.2, 0) is 0 Å². The molecule has 0 radical (unpaired) electrons. The van der Waals surface area contributed by atoms with E-state index in [1.54, 1.807) is 0 Å². The third-order valence-electron chi connectivity index (χ3n) is 3.06. The second-order valence-corrected chi connectivity index (χ2v) is 5.49. The van der Waals surface area contributed by atoms with E-state index in [-0.39, 0.29) is 0 Å². The van der Waals surface area contributed by atoms with Crippen molar-refractivity contribution in [2.75, 3.05) is 13.2 Å². The molecular formula is C16H27NO. The molecule has 102 valence electrons. The van der Waals surface area contributed by atoms with Crippen LogP contribution in [0.1, 0.15) is 39.2 Å². The van der Waals surface area contributed by atoms with Crippen LogP contribution in [0.25, 0.3) is 0 Å². The molecule has 0 aromatic heterocycles. The van der Waals surface area contributed by atoms with Gasteiger partial charge in [-0.2, -0.15) is 0 Å². The summed E-state index contributed by atoms with van der Waals surface area (Å²) in [6, 6.07) is 8.78. The average Bonchev–Trinajstić information content (AvgIpc) is 2.34. The first kappa shape index (κ1) is 15.0. The lowest BCUT2D eigenvalue weighted by Crippen LogP contribution is -2.30. The predicted octanol–water partition coefficient (Wildman–Crippen LogP) is 3.79. The minimum absolute atomic E-state index is 0.578. The van der Waals surface area contributed by atoms with Crippen molar-refractivity contribution in [2.24, 2.45) is 5.92 Å². The van der Waals surface area contributed by atoms with Gasteiger partial charge in [0.2, 0.25) is 0 Å². The van der Waals surface area contributed by atoms with Crippen molar-refractivity contribution in [1.82, 2.24) is 5.32 Å². The number of hydrogen-bond acceptors (Lipinski definition) is 2. The molecule has 1 atom stereocenters. The fourth-order valence-corrected chi connectivity index (χ4v) is 1.79. The summed E-state index contributed by atoms with van der Waals surface area (Å²) in [6.45, 7) is 10.5. The van der Waals surface area contributed by atoms with Crippen molar-refractivity contribution < 1.29 is 4.74 Å². The molecular weight excluding hydrogens is 222 g/mol. The van der Waals surface area contributed by atoms with Crippen LogP contribution in [-0.4, -0.2) is 19.2 Å². The Bertz CT molecular complexity index is 318. The van der Waals surface area contributed by atoms with E-state index in [1.165, 1.54) is 18.4 Å². The molecule has 2 nitrogen and oxygen atoms in total. The van der Waals surface area contributed by atoms with Gasteiger partial charge in [-0.25, -0.2) is 0 Å². The maximum atomic E-state index is 5.67. The molecule has 0 spiro atoms. The molecule has 0 aliphatic carbocycles. The summed E-state index contributed by atoms with van der Waals surface area (Å²) in [4.78, 5) is 0. The smallest absolute Gasteiger partial charge is 0.119 e. The van der Waals surface area contributed by atoms with Crippen LogP contribution in [0, 0.1) is 12.8 Å². The summed E-state index contributed by atoms with van der Waals surface area (Å²) in [5, 5.41) is 3.49. The lowest BCUT2D eigenvalue weighted by Gasteiger charge is -2.15. The Morgan fingerprint density at radius 1 is 1.06 bits per heavy atom. The van der Waals surface area contributed by atoms with Gasteiger partial charge in [-0.05, 0) is 44.7 Å². The number of hydrogen-bond donors (Lipinski definition) is 1. The van der Waals surface area contributed by atoms with Crippen molar-refractivity contribution in [3.63, 3.8) is 0 Å². The van der Waals surface area contributed by atoms with Gasteiger partial charge < -0.3 is 10.1 Å². The molecule has 0 aliphatic heterocycles. The van der Waals surface area contributed by atoms with Gasteiger partial charge >= 0.3 is 0 Å². The van der Waals surface area contributed by atoms with Crippen LogP contribution in [0.15, 0.2) is 24.3 Å². The van der Waals surface area contributed by atoms with E-state index < -0.39 is 0 Å². The molecule has 0 saturated carbocycles. The minimum atomic E-state index is 0.578. The van der Waals surface area contributed by atoms with E-state index >= 15 is 0 Å². The molecule has 18 heavy (non-hydrogen) atoms. The van der Waals surface area contributed by atoms with Gasteiger partial charge in [0, 0.05) is 12.6 Å². The molecule has 1 N–H and O–H groups in total. The summed E-state index contributed by atoms with van der Waals surface area (Å²) in [6.07, 6.45) is 2.52. The summed E-state index contributed by atoms with van der Waals surface area (Å²) >= 11 is 0. The standard InChI is InChI=1S/C16H27NO/c1-13(2)5-8-15(4)17-11-12-18-16-9-6-14(3)7-10-16/h6-7,9-10,13,15,17H,5,8,11-12H2,1-4H3. The maximum absolute atomic E-state index is 5.67. The van der Waals surface area contributed by atoms with Crippen molar-refractivity contribution >= 4 is 0 Å². The Labute approximate surface area is 112 Å². The number of aryl methyl sites for hydroxylation is 1. The average molecular weight is 249 g/mol. The fraction of sp³-hybridized carbons (Fsp3) is 0.625. The summed E-state index contributed by atoms with van der Waals surface area (Å²) < 4.78 is 5.67. The van der Waals surface area contributed by atoms with Gasteiger partial charge in [0.05, 0.1) is 0 Å². The molecule has 0 fully saturated rings. The van der Waals surface area contributed by atoms with Crippen LogP contribution in [0.2, 0.25) is 0 Å². The lowest BCUT2D eigenvalue weighted by molar-refractivity contribution is 0.303. The highest BCUT2D eigenvalue weighted by Gasteiger charge is 2.02. The normalized spacial score (nSPS) is 12.7. The summed E-state index contributed by atoms with van der Waals surface area (Å²) in [7, 11) is 0. The van der Waals surface area contributed by atoms with E-state index in [9.17, 15) is 0 Å². The third kappa shape index (κ3) is 6.65. The first-order valence-electron chi connectivity index (χ1n) is 7.00. The molecule has 1 rings (SSSR count). The molecule has 0 bridgehead atoms. The quantitative estimate of drug-likeness (QED) is 0.708. The predicted molar refractivity (Wildman–Crippen MR) is 78.2 cm³/mol. The SMILES string of the molecule is Cc1ccc(OCCNC(C)CCC(C)C)cc1.